The second-order valence-electron chi connectivity index (χ2n) is 4.27. The lowest BCUT2D eigenvalue weighted by Crippen LogP contribution is -2.17. The summed E-state index contributed by atoms with van der Waals surface area (Å²) in [4.78, 5) is 3.33. The zero-order valence-corrected chi connectivity index (χ0v) is 9.07. The lowest BCUT2D eigenvalue weighted by molar-refractivity contribution is -0.146. The van der Waals surface area contributed by atoms with Crippen LogP contribution >= 0.6 is 0 Å². The van der Waals surface area contributed by atoms with Gasteiger partial charge in [-0.15, -0.1) is 0 Å². The average molecular weight is 250 g/mol. The minimum atomic E-state index is -4.60. The highest BCUT2D eigenvalue weighted by Crippen LogP contribution is 2.33. The van der Waals surface area contributed by atoms with Crippen LogP contribution in [-0.2, 0) is 6.18 Å². The van der Waals surface area contributed by atoms with Gasteiger partial charge in [-0.1, -0.05) is 24.4 Å². The molecule has 0 spiro atoms. The minimum absolute atomic E-state index is 0.105. The molecule has 0 bridgehead atoms. The molecule has 1 aliphatic carbocycles. The predicted molar refractivity (Wildman–Crippen MR) is 51.1 cm³/mol. The Morgan fingerprint density at radius 3 is 2.53 bits per heavy atom. The van der Waals surface area contributed by atoms with Crippen molar-refractivity contribution in [3.8, 4) is 0 Å². The maximum Gasteiger partial charge on any atom is 0.455 e. The topological polar surface area (TPSA) is 59.2 Å². The Bertz CT molecular complexity index is 378. The first-order valence-electron chi connectivity index (χ1n) is 5.57. The molecule has 0 amide bonds. The highest BCUT2D eigenvalue weighted by Gasteiger charge is 2.39. The largest absolute Gasteiger partial charge is 0.455 e. The molecular weight excluding hydrogens is 237 g/mol. The standard InChI is InChI=1S/C10H13F3N2O2/c11-10(12,13)9-14-8(17-15-9)6-4-2-1-3-5-7(6)16/h6-7,16H,1-5H2. The molecule has 4 nitrogen and oxygen atoms in total. The Balaban J connectivity index is 2.18. The van der Waals surface area contributed by atoms with Crippen molar-refractivity contribution in [1.29, 1.82) is 0 Å². The summed E-state index contributed by atoms with van der Waals surface area (Å²) in [5, 5.41) is 12.7. The van der Waals surface area contributed by atoms with Crippen LogP contribution in [0.15, 0.2) is 4.52 Å². The van der Waals surface area contributed by atoms with Gasteiger partial charge >= 0.3 is 6.18 Å². The van der Waals surface area contributed by atoms with Crippen molar-refractivity contribution < 1.29 is 22.8 Å². The molecule has 1 aromatic heterocycles. The summed E-state index contributed by atoms with van der Waals surface area (Å²) in [6, 6.07) is 0. The molecule has 0 saturated heterocycles. The molecular formula is C10H13F3N2O2. The third kappa shape index (κ3) is 2.77. The van der Waals surface area contributed by atoms with Gasteiger partial charge < -0.3 is 9.63 Å². The van der Waals surface area contributed by atoms with E-state index in [9.17, 15) is 18.3 Å². The Labute approximate surface area is 95.8 Å². The number of nitrogens with zero attached hydrogens (tertiary/aromatic N) is 2. The van der Waals surface area contributed by atoms with E-state index in [0.717, 1.165) is 19.3 Å². The summed E-state index contributed by atoms with van der Waals surface area (Å²) < 4.78 is 41.5. The van der Waals surface area contributed by atoms with Crippen molar-refractivity contribution in [1.82, 2.24) is 10.1 Å². The number of aliphatic hydroxyl groups is 1. The van der Waals surface area contributed by atoms with Crippen molar-refractivity contribution in [2.75, 3.05) is 0 Å². The van der Waals surface area contributed by atoms with Crippen molar-refractivity contribution in [2.24, 2.45) is 0 Å². The van der Waals surface area contributed by atoms with Gasteiger partial charge in [-0.3, -0.25) is 0 Å². The maximum atomic E-state index is 12.3. The number of rotatable bonds is 1. The molecule has 2 unspecified atom stereocenters. The van der Waals surface area contributed by atoms with E-state index in [-0.39, 0.29) is 5.89 Å². The highest BCUT2D eigenvalue weighted by atomic mass is 19.4. The van der Waals surface area contributed by atoms with Gasteiger partial charge in [0.1, 0.15) is 0 Å². The fourth-order valence-electron chi connectivity index (χ4n) is 2.08. The van der Waals surface area contributed by atoms with Gasteiger partial charge in [0.15, 0.2) is 0 Å². The summed E-state index contributed by atoms with van der Waals surface area (Å²) in [6.45, 7) is 0. The Kier molecular flexibility index (Phi) is 3.37. The third-order valence-corrected chi connectivity index (χ3v) is 2.99. The van der Waals surface area contributed by atoms with Crippen molar-refractivity contribution >= 4 is 0 Å². The van der Waals surface area contributed by atoms with Crippen LogP contribution in [-0.4, -0.2) is 21.4 Å². The van der Waals surface area contributed by atoms with Crippen LogP contribution in [0.3, 0.4) is 0 Å². The van der Waals surface area contributed by atoms with Crippen LogP contribution in [0.25, 0.3) is 0 Å². The first-order valence-corrected chi connectivity index (χ1v) is 5.57. The number of aromatic nitrogens is 2. The van der Waals surface area contributed by atoms with Crippen molar-refractivity contribution in [3.63, 3.8) is 0 Å². The number of alkyl halides is 3. The molecule has 1 fully saturated rings. The van der Waals surface area contributed by atoms with Crippen LogP contribution < -0.4 is 0 Å². The summed E-state index contributed by atoms with van der Waals surface area (Å²) in [7, 11) is 0. The van der Waals surface area contributed by atoms with Crippen molar-refractivity contribution in [2.45, 2.75) is 50.3 Å². The maximum absolute atomic E-state index is 12.3. The Morgan fingerprint density at radius 2 is 1.88 bits per heavy atom. The second-order valence-corrected chi connectivity index (χ2v) is 4.27. The van der Waals surface area contributed by atoms with Gasteiger partial charge in [-0.25, -0.2) is 0 Å². The van der Waals surface area contributed by atoms with Gasteiger partial charge in [0.05, 0.1) is 12.0 Å². The summed E-state index contributed by atoms with van der Waals surface area (Å²) in [5.41, 5.74) is 0. The molecule has 17 heavy (non-hydrogen) atoms. The van der Waals surface area contributed by atoms with E-state index < -0.39 is 24.0 Å². The average Bonchev–Trinajstić information content (AvgIpc) is 2.63. The van der Waals surface area contributed by atoms with E-state index in [4.69, 9.17) is 0 Å². The monoisotopic (exact) mass is 250 g/mol. The quantitative estimate of drug-likeness (QED) is 0.778. The van der Waals surface area contributed by atoms with Crippen LogP contribution in [0, 0.1) is 0 Å². The van der Waals surface area contributed by atoms with E-state index in [1.165, 1.54) is 0 Å². The van der Waals surface area contributed by atoms with Crippen LogP contribution in [0.1, 0.15) is 49.7 Å². The number of aliphatic hydroxyl groups excluding tert-OH is 1. The minimum Gasteiger partial charge on any atom is -0.392 e. The molecule has 1 saturated carbocycles. The molecule has 96 valence electrons. The SMILES string of the molecule is OC1CCCCCC1c1nc(C(F)(F)F)no1. The molecule has 0 radical (unpaired) electrons. The van der Waals surface area contributed by atoms with E-state index in [1.807, 2.05) is 0 Å². The normalized spacial score (nSPS) is 26.8. The van der Waals surface area contributed by atoms with Crippen molar-refractivity contribution in [3.05, 3.63) is 11.7 Å². The van der Waals surface area contributed by atoms with E-state index in [0.29, 0.717) is 12.8 Å². The zero-order valence-electron chi connectivity index (χ0n) is 9.07. The molecule has 0 aromatic carbocycles. The van der Waals surface area contributed by atoms with Gasteiger partial charge in [-0.2, -0.15) is 18.2 Å². The smallest absolute Gasteiger partial charge is 0.392 e. The van der Waals surface area contributed by atoms with Crippen LogP contribution in [0.4, 0.5) is 13.2 Å². The molecule has 0 aliphatic heterocycles. The lowest BCUT2D eigenvalue weighted by Gasteiger charge is -2.15. The summed E-state index contributed by atoms with van der Waals surface area (Å²) in [5.74, 6) is -1.85. The van der Waals surface area contributed by atoms with E-state index in [1.54, 1.807) is 0 Å². The first-order chi connectivity index (χ1) is 7.98. The van der Waals surface area contributed by atoms with Crippen LogP contribution in [0.5, 0.6) is 0 Å². The lowest BCUT2D eigenvalue weighted by atomic mass is 9.97. The molecule has 1 N–H and O–H groups in total. The van der Waals surface area contributed by atoms with Gasteiger partial charge in [0.2, 0.25) is 5.89 Å². The summed E-state index contributed by atoms with van der Waals surface area (Å²) >= 11 is 0. The molecule has 2 rings (SSSR count). The second kappa shape index (κ2) is 4.64. The highest BCUT2D eigenvalue weighted by molar-refractivity contribution is 5.00. The van der Waals surface area contributed by atoms with E-state index in [2.05, 4.69) is 14.7 Å². The number of halogens is 3. The fraction of sp³-hybridized carbons (Fsp3) is 0.800. The molecule has 1 aromatic rings. The fourth-order valence-corrected chi connectivity index (χ4v) is 2.08. The van der Waals surface area contributed by atoms with E-state index >= 15 is 0 Å². The molecule has 1 heterocycles. The van der Waals surface area contributed by atoms with Gasteiger partial charge in [0, 0.05) is 0 Å². The Morgan fingerprint density at radius 1 is 1.18 bits per heavy atom. The van der Waals surface area contributed by atoms with Gasteiger partial charge in [-0.05, 0) is 12.8 Å². The number of hydrogen-bond acceptors (Lipinski definition) is 4. The molecule has 7 heteroatoms. The summed E-state index contributed by atoms with van der Waals surface area (Å²) in [6.07, 6.45) is -1.46. The number of hydrogen-bond donors (Lipinski definition) is 1. The third-order valence-electron chi connectivity index (χ3n) is 2.99. The first kappa shape index (κ1) is 12.3. The molecule has 2 atom stereocenters. The van der Waals surface area contributed by atoms with Gasteiger partial charge in [0.25, 0.3) is 5.82 Å². The zero-order chi connectivity index (χ0) is 12.5. The molecule has 1 aliphatic rings. The van der Waals surface area contributed by atoms with Crippen LogP contribution in [0.2, 0.25) is 0 Å². The Hall–Kier alpha value is -1.11. The predicted octanol–water partition coefficient (Wildman–Crippen LogP) is 2.50.